The van der Waals surface area contributed by atoms with E-state index in [1.807, 2.05) is 13.8 Å². The molecule has 1 aromatic heterocycles. The molecule has 0 saturated carbocycles. The van der Waals surface area contributed by atoms with Crippen molar-refractivity contribution >= 4 is 23.1 Å². The van der Waals surface area contributed by atoms with Crippen molar-refractivity contribution in [2.45, 2.75) is 18.2 Å². The molecule has 11 heavy (non-hydrogen) atoms. The Balaban J connectivity index is 2.38. The molecule has 0 fully saturated rings. The number of allylic oxidation sites excluding steroid dienone is 1. The van der Waals surface area contributed by atoms with Crippen molar-refractivity contribution in [3.8, 4) is 0 Å². The predicted molar refractivity (Wildman–Crippen MR) is 52.4 cm³/mol. The van der Waals surface area contributed by atoms with Crippen LogP contribution in [0.3, 0.4) is 0 Å². The molecule has 1 aromatic rings. The van der Waals surface area contributed by atoms with E-state index in [2.05, 4.69) is 22.5 Å². The predicted octanol–water partition coefficient (Wildman–Crippen LogP) is 3.12. The number of rotatable bonds is 3. The van der Waals surface area contributed by atoms with Gasteiger partial charge in [0.05, 0.1) is 0 Å². The summed E-state index contributed by atoms with van der Waals surface area (Å²) in [5, 5.41) is 2.08. The van der Waals surface area contributed by atoms with Crippen LogP contribution >= 0.6 is 23.1 Å². The molecule has 0 atom stereocenters. The van der Waals surface area contributed by atoms with Gasteiger partial charge in [0.15, 0.2) is 0 Å². The van der Waals surface area contributed by atoms with Gasteiger partial charge in [0.1, 0.15) is 4.34 Å². The van der Waals surface area contributed by atoms with E-state index < -0.39 is 0 Å². The fourth-order valence-corrected chi connectivity index (χ4v) is 2.40. The summed E-state index contributed by atoms with van der Waals surface area (Å²) in [6.45, 7) is 4.06. The Morgan fingerprint density at radius 2 is 2.55 bits per heavy atom. The largest absolute Gasteiger partial charge is 0.235 e. The van der Waals surface area contributed by atoms with Crippen LogP contribution in [0.1, 0.15) is 12.6 Å². The number of hydrogen-bond donors (Lipinski definition) is 0. The van der Waals surface area contributed by atoms with Gasteiger partial charge >= 0.3 is 0 Å². The highest BCUT2D eigenvalue weighted by Crippen LogP contribution is 2.21. The highest BCUT2D eigenvalue weighted by atomic mass is 32.2. The molecule has 0 unspecified atom stereocenters. The van der Waals surface area contributed by atoms with Crippen LogP contribution < -0.4 is 0 Å². The average Bonchev–Trinajstić information content (AvgIpc) is 2.37. The van der Waals surface area contributed by atoms with Crippen molar-refractivity contribution < 1.29 is 0 Å². The van der Waals surface area contributed by atoms with Crippen LogP contribution in [0, 0.1) is 6.92 Å². The Hall–Kier alpha value is -0.280. The molecule has 1 rings (SSSR count). The molecule has 0 spiro atoms. The normalized spacial score (nSPS) is 11.1. The minimum atomic E-state index is 1.03. The second kappa shape index (κ2) is 4.57. The van der Waals surface area contributed by atoms with Crippen LogP contribution in [-0.2, 0) is 0 Å². The number of nitrogens with zero attached hydrogens (tertiary/aromatic N) is 1. The van der Waals surface area contributed by atoms with Gasteiger partial charge in [-0.3, -0.25) is 0 Å². The van der Waals surface area contributed by atoms with Crippen molar-refractivity contribution in [1.29, 1.82) is 0 Å². The molecular weight excluding hydrogens is 174 g/mol. The lowest BCUT2D eigenvalue weighted by Gasteiger charge is -1.87. The first-order valence-electron chi connectivity index (χ1n) is 3.49. The summed E-state index contributed by atoms with van der Waals surface area (Å²) in [4.78, 5) is 4.33. The highest BCUT2D eigenvalue weighted by Gasteiger charge is 1.95. The van der Waals surface area contributed by atoms with Gasteiger partial charge in [0.2, 0.25) is 0 Å². The van der Waals surface area contributed by atoms with Crippen LogP contribution in [0.25, 0.3) is 0 Å². The van der Waals surface area contributed by atoms with Gasteiger partial charge in [0, 0.05) is 16.8 Å². The third-order valence-electron chi connectivity index (χ3n) is 1.14. The van der Waals surface area contributed by atoms with E-state index in [9.17, 15) is 0 Å². The number of aryl methyl sites for hydroxylation is 1. The second-order valence-corrected chi connectivity index (χ2v) is 4.26. The maximum atomic E-state index is 4.33. The van der Waals surface area contributed by atoms with Crippen LogP contribution in [-0.4, -0.2) is 10.7 Å². The van der Waals surface area contributed by atoms with Crippen LogP contribution in [0.15, 0.2) is 21.9 Å². The number of hydrogen-bond acceptors (Lipinski definition) is 3. The third kappa shape index (κ3) is 3.08. The van der Waals surface area contributed by atoms with E-state index >= 15 is 0 Å². The molecule has 0 aliphatic rings. The molecule has 0 aliphatic carbocycles. The summed E-state index contributed by atoms with van der Waals surface area (Å²) < 4.78 is 1.17. The lowest BCUT2D eigenvalue weighted by Crippen LogP contribution is -1.72. The van der Waals surface area contributed by atoms with E-state index in [0.29, 0.717) is 0 Å². The van der Waals surface area contributed by atoms with Gasteiger partial charge < -0.3 is 0 Å². The smallest absolute Gasteiger partial charge is 0.150 e. The zero-order valence-corrected chi connectivity index (χ0v) is 8.34. The van der Waals surface area contributed by atoms with E-state index in [4.69, 9.17) is 0 Å². The Morgan fingerprint density at radius 3 is 3.09 bits per heavy atom. The summed E-state index contributed by atoms with van der Waals surface area (Å²) in [7, 11) is 0. The zero-order chi connectivity index (χ0) is 8.10. The topological polar surface area (TPSA) is 12.9 Å². The zero-order valence-electron chi connectivity index (χ0n) is 6.70. The number of thioether (sulfide) groups is 1. The molecular formula is C8H11NS2. The van der Waals surface area contributed by atoms with Gasteiger partial charge in [-0.25, -0.2) is 4.98 Å². The van der Waals surface area contributed by atoms with Gasteiger partial charge in [-0.1, -0.05) is 23.9 Å². The molecule has 60 valence electrons. The van der Waals surface area contributed by atoms with E-state index in [1.54, 1.807) is 23.1 Å². The monoisotopic (exact) mass is 185 g/mol. The lowest BCUT2D eigenvalue weighted by molar-refractivity contribution is 1.16. The lowest BCUT2D eigenvalue weighted by atomic mass is 10.6. The molecule has 0 N–H and O–H groups in total. The Kier molecular flexibility index (Phi) is 3.66. The van der Waals surface area contributed by atoms with Crippen LogP contribution in [0.4, 0.5) is 0 Å². The molecule has 0 aliphatic heterocycles. The maximum Gasteiger partial charge on any atom is 0.150 e. The van der Waals surface area contributed by atoms with Gasteiger partial charge in [0.25, 0.3) is 0 Å². The van der Waals surface area contributed by atoms with Gasteiger partial charge in [-0.15, -0.1) is 11.3 Å². The molecule has 1 heterocycles. The molecule has 0 radical (unpaired) electrons. The highest BCUT2D eigenvalue weighted by molar-refractivity contribution is 8.01. The molecule has 0 bridgehead atoms. The standard InChI is InChI=1S/C8H11NS2/c1-3-4-5-10-8-9-7(2)6-11-8/h3-4,6H,5H2,1-2H3/b4-3+. The SMILES string of the molecule is C/C=C/CSc1nc(C)cs1. The Morgan fingerprint density at radius 1 is 1.73 bits per heavy atom. The van der Waals surface area contributed by atoms with Crippen molar-refractivity contribution in [3.63, 3.8) is 0 Å². The van der Waals surface area contributed by atoms with Gasteiger partial charge in [-0.2, -0.15) is 0 Å². The first kappa shape index (κ1) is 8.81. The Bertz CT molecular complexity index is 240. The van der Waals surface area contributed by atoms with Crippen molar-refractivity contribution in [2.75, 3.05) is 5.75 Å². The molecule has 1 nitrogen and oxygen atoms in total. The quantitative estimate of drug-likeness (QED) is 0.530. The summed E-state index contributed by atoms with van der Waals surface area (Å²) >= 11 is 3.50. The van der Waals surface area contributed by atoms with Crippen LogP contribution in [0.5, 0.6) is 0 Å². The van der Waals surface area contributed by atoms with Crippen molar-refractivity contribution in [1.82, 2.24) is 4.98 Å². The molecule has 0 saturated heterocycles. The summed E-state index contributed by atoms with van der Waals surface area (Å²) in [6, 6.07) is 0. The van der Waals surface area contributed by atoms with E-state index in [1.165, 1.54) is 4.34 Å². The van der Waals surface area contributed by atoms with Crippen molar-refractivity contribution in [3.05, 3.63) is 23.2 Å². The van der Waals surface area contributed by atoms with Gasteiger partial charge in [-0.05, 0) is 13.8 Å². The minimum absolute atomic E-state index is 1.03. The van der Waals surface area contributed by atoms with Crippen molar-refractivity contribution in [2.24, 2.45) is 0 Å². The molecule has 0 amide bonds. The fraction of sp³-hybridized carbons (Fsp3) is 0.375. The second-order valence-electron chi connectivity index (χ2n) is 2.13. The minimum Gasteiger partial charge on any atom is -0.235 e. The average molecular weight is 185 g/mol. The number of aromatic nitrogens is 1. The van der Waals surface area contributed by atoms with E-state index in [-0.39, 0.29) is 0 Å². The Labute approximate surface area is 75.5 Å². The first-order chi connectivity index (χ1) is 5.33. The van der Waals surface area contributed by atoms with E-state index in [0.717, 1.165) is 11.4 Å². The first-order valence-corrected chi connectivity index (χ1v) is 5.35. The number of thiazole rings is 1. The van der Waals surface area contributed by atoms with Crippen LogP contribution in [0.2, 0.25) is 0 Å². The summed E-state index contributed by atoms with van der Waals surface area (Å²) in [5.41, 5.74) is 1.12. The molecule has 0 aromatic carbocycles. The third-order valence-corrected chi connectivity index (χ3v) is 3.23. The molecule has 3 heteroatoms. The maximum absolute atomic E-state index is 4.33. The fourth-order valence-electron chi connectivity index (χ4n) is 0.614. The summed E-state index contributed by atoms with van der Waals surface area (Å²) in [5.74, 6) is 1.03. The summed E-state index contributed by atoms with van der Waals surface area (Å²) in [6.07, 6.45) is 4.20.